The van der Waals surface area contributed by atoms with Gasteiger partial charge in [0.05, 0.1) is 11.0 Å². The van der Waals surface area contributed by atoms with Crippen molar-refractivity contribution in [3.05, 3.63) is 33.6 Å². The number of benzene rings is 1. The van der Waals surface area contributed by atoms with Crippen LogP contribution in [0.25, 0.3) is 0 Å². The van der Waals surface area contributed by atoms with Crippen LogP contribution in [0, 0.1) is 15.9 Å². The van der Waals surface area contributed by atoms with Gasteiger partial charge in [-0.2, -0.15) is 0 Å². The second-order valence-electron chi connectivity index (χ2n) is 3.81. The van der Waals surface area contributed by atoms with Crippen LogP contribution < -0.4 is 5.32 Å². The first kappa shape index (κ1) is 10.8. The molecule has 1 aromatic rings. The topological polar surface area (TPSA) is 75.4 Å². The average Bonchev–Trinajstić information content (AvgIpc) is 2.73. The van der Waals surface area contributed by atoms with Crippen LogP contribution in [0.15, 0.2) is 12.1 Å². The van der Waals surface area contributed by atoms with Crippen molar-refractivity contribution in [2.45, 2.75) is 12.3 Å². The molecule has 1 aliphatic heterocycles. The van der Waals surface area contributed by atoms with Crippen LogP contribution in [0.1, 0.15) is 17.9 Å². The second-order valence-corrected chi connectivity index (χ2v) is 3.81. The lowest BCUT2D eigenvalue weighted by atomic mass is 9.96. The van der Waals surface area contributed by atoms with E-state index in [-0.39, 0.29) is 5.92 Å². The van der Waals surface area contributed by atoms with Crippen molar-refractivity contribution >= 4 is 5.69 Å². The fraction of sp³-hybridized carbons (Fsp3) is 0.400. The third-order valence-electron chi connectivity index (χ3n) is 2.78. The molecule has 0 aliphatic carbocycles. The average molecular weight is 226 g/mol. The first-order valence-corrected chi connectivity index (χ1v) is 4.97. The van der Waals surface area contributed by atoms with Crippen molar-refractivity contribution in [2.24, 2.45) is 0 Å². The number of halogens is 1. The third-order valence-corrected chi connectivity index (χ3v) is 2.78. The number of phenolic OH excluding ortho intramolecular Hbond substituents is 1. The van der Waals surface area contributed by atoms with Gasteiger partial charge < -0.3 is 10.4 Å². The van der Waals surface area contributed by atoms with E-state index in [4.69, 9.17) is 0 Å². The fourth-order valence-corrected chi connectivity index (χ4v) is 1.98. The largest absolute Gasteiger partial charge is 0.502 e. The zero-order valence-corrected chi connectivity index (χ0v) is 8.44. The van der Waals surface area contributed by atoms with E-state index in [0.29, 0.717) is 12.1 Å². The van der Waals surface area contributed by atoms with Crippen LogP contribution in [-0.4, -0.2) is 23.1 Å². The number of phenols is 1. The van der Waals surface area contributed by atoms with E-state index in [0.717, 1.165) is 19.0 Å². The Morgan fingerprint density at radius 2 is 2.31 bits per heavy atom. The molecule has 1 fully saturated rings. The zero-order chi connectivity index (χ0) is 11.7. The molecule has 1 atom stereocenters. The van der Waals surface area contributed by atoms with Crippen molar-refractivity contribution in [1.29, 1.82) is 0 Å². The van der Waals surface area contributed by atoms with Crippen molar-refractivity contribution in [2.75, 3.05) is 13.1 Å². The Kier molecular flexibility index (Phi) is 2.74. The van der Waals surface area contributed by atoms with E-state index in [2.05, 4.69) is 5.32 Å². The number of hydrogen-bond acceptors (Lipinski definition) is 4. The van der Waals surface area contributed by atoms with Crippen LogP contribution in [0.2, 0.25) is 0 Å². The molecule has 0 aromatic heterocycles. The number of nitrogens with one attached hydrogen (secondary N) is 1. The van der Waals surface area contributed by atoms with Gasteiger partial charge in [-0.15, -0.1) is 0 Å². The number of hydrogen-bond donors (Lipinski definition) is 2. The van der Waals surface area contributed by atoms with Gasteiger partial charge in [0.25, 0.3) is 0 Å². The minimum atomic E-state index is -0.774. The zero-order valence-electron chi connectivity index (χ0n) is 8.44. The third kappa shape index (κ3) is 1.83. The van der Waals surface area contributed by atoms with E-state index < -0.39 is 22.2 Å². The normalized spacial score (nSPS) is 19.9. The molecule has 1 heterocycles. The SMILES string of the molecule is O=[N+]([O-])c1cc(F)cc(C2CCNC2)c1O. The Hall–Kier alpha value is -1.69. The molecule has 0 saturated carbocycles. The molecule has 0 amide bonds. The Bertz CT molecular complexity index is 430. The maximum absolute atomic E-state index is 13.2. The molecule has 5 nitrogen and oxygen atoms in total. The Morgan fingerprint density at radius 1 is 1.56 bits per heavy atom. The van der Waals surface area contributed by atoms with E-state index in [1.165, 1.54) is 6.07 Å². The summed E-state index contributed by atoms with van der Waals surface area (Å²) in [7, 11) is 0. The molecule has 1 aromatic carbocycles. The van der Waals surface area contributed by atoms with Gasteiger partial charge in [0.15, 0.2) is 5.75 Å². The number of nitro groups is 1. The van der Waals surface area contributed by atoms with Crippen LogP contribution in [0.4, 0.5) is 10.1 Å². The standard InChI is InChI=1S/C10H11FN2O3/c11-7-3-8(6-1-2-12-5-6)10(14)9(4-7)13(15)16/h3-4,6,12,14H,1-2,5H2. The Labute approximate surface area is 91.0 Å². The highest BCUT2D eigenvalue weighted by molar-refractivity contribution is 5.52. The van der Waals surface area contributed by atoms with Crippen LogP contribution >= 0.6 is 0 Å². The molecular weight excluding hydrogens is 215 g/mol. The van der Waals surface area contributed by atoms with Crippen molar-refractivity contribution < 1.29 is 14.4 Å². The van der Waals surface area contributed by atoms with Gasteiger partial charge >= 0.3 is 5.69 Å². The highest BCUT2D eigenvalue weighted by Gasteiger charge is 2.26. The summed E-state index contributed by atoms with van der Waals surface area (Å²) in [6.45, 7) is 1.38. The Balaban J connectivity index is 2.47. The predicted octanol–water partition coefficient (Wildman–Crippen LogP) is 1.52. The van der Waals surface area contributed by atoms with Crippen LogP contribution in [-0.2, 0) is 0 Å². The minimum absolute atomic E-state index is 0.0607. The van der Waals surface area contributed by atoms with Gasteiger partial charge in [0, 0.05) is 18.0 Å². The molecule has 16 heavy (non-hydrogen) atoms. The molecule has 1 unspecified atom stereocenters. The molecule has 0 spiro atoms. The molecule has 2 N–H and O–H groups in total. The van der Waals surface area contributed by atoms with E-state index in [9.17, 15) is 19.6 Å². The van der Waals surface area contributed by atoms with Gasteiger partial charge in [0.1, 0.15) is 5.82 Å². The maximum Gasteiger partial charge on any atom is 0.313 e. The smallest absolute Gasteiger partial charge is 0.313 e. The van der Waals surface area contributed by atoms with Gasteiger partial charge in [-0.3, -0.25) is 10.1 Å². The highest BCUT2D eigenvalue weighted by atomic mass is 19.1. The summed E-state index contributed by atoms with van der Waals surface area (Å²) in [4.78, 5) is 9.83. The predicted molar refractivity (Wildman–Crippen MR) is 54.9 cm³/mol. The van der Waals surface area contributed by atoms with Gasteiger partial charge in [0.2, 0.25) is 0 Å². The molecule has 2 rings (SSSR count). The van der Waals surface area contributed by atoms with Crippen LogP contribution in [0.3, 0.4) is 0 Å². The van der Waals surface area contributed by atoms with E-state index in [1.54, 1.807) is 0 Å². The molecule has 0 bridgehead atoms. The van der Waals surface area contributed by atoms with Gasteiger partial charge in [-0.1, -0.05) is 0 Å². The summed E-state index contributed by atoms with van der Waals surface area (Å²) in [6.07, 6.45) is 0.744. The van der Waals surface area contributed by atoms with Crippen molar-refractivity contribution in [3.63, 3.8) is 0 Å². The molecular formula is C10H11FN2O3. The lowest BCUT2D eigenvalue weighted by Gasteiger charge is -2.11. The molecule has 86 valence electrons. The lowest BCUT2D eigenvalue weighted by molar-refractivity contribution is -0.386. The summed E-state index contributed by atoms with van der Waals surface area (Å²) in [5.41, 5.74) is -0.251. The van der Waals surface area contributed by atoms with Gasteiger partial charge in [-0.05, 0) is 19.0 Å². The van der Waals surface area contributed by atoms with Crippen LogP contribution in [0.5, 0.6) is 5.75 Å². The lowest BCUT2D eigenvalue weighted by Crippen LogP contribution is -2.08. The number of aromatic hydroxyl groups is 1. The maximum atomic E-state index is 13.2. The van der Waals surface area contributed by atoms with E-state index in [1.807, 2.05) is 0 Å². The molecule has 6 heteroatoms. The summed E-state index contributed by atoms with van der Waals surface area (Å²) in [5, 5.41) is 23.4. The summed E-state index contributed by atoms with van der Waals surface area (Å²) < 4.78 is 13.2. The summed E-state index contributed by atoms with van der Waals surface area (Å²) in [5.74, 6) is -1.17. The summed E-state index contributed by atoms with van der Waals surface area (Å²) in [6, 6.07) is 1.90. The molecule has 1 saturated heterocycles. The second kappa shape index (κ2) is 4.05. The fourth-order valence-electron chi connectivity index (χ4n) is 1.98. The highest BCUT2D eigenvalue weighted by Crippen LogP contribution is 2.37. The number of rotatable bonds is 2. The van der Waals surface area contributed by atoms with Gasteiger partial charge in [-0.25, -0.2) is 4.39 Å². The Morgan fingerprint density at radius 3 is 2.88 bits per heavy atom. The quantitative estimate of drug-likeness (QED) is 0.592. The van der Waals surface area contributed by atoms with E-state index >= 15 is 0 Å². The molecule has 0 radical (unpaired) electrons. The van der Waals surface area contributed by atoms with Crippen molar-refractivity contribution in [3.8, 4) is 5.75 Å². The monoisotopic (exact) mass is 226 g/mol. The minimum Gasteiger partial charge on any atom is -0.502 e. The number of nitrogens with zero attached hydrogens (tertiary/aromatic N) is 1. The summed E-state index contributed by atoms with van der Waals surface area (Å²) >= 11 is 0. The van der Waals surface area contributed by atoms with Crippen molar-refractivity contribution in [1.82, 2.24) is 5.32 Å². The number of nitro benzene ring substituents is 1. The molecule has 1 aliphatic rings. The first-order chi connectivity index (χ1) is 7.59. The first-order valence-electron chi connectivity index (χ1n) is 4.97.